The van der Waals surface area contributed by atoms with E-state index in [0.29, 0.717) is 17.9 Å². The quantitative estimate of drug-likeness (QED) is 0.831. The molecule has 0 aromatic heterocycles. The zero-order chi connectivity index (χ0) is 13.7. The van der Waals surface area contributed by atoms with E-state index in [9.17, 15) is 4.79 Å². The highest BCUT2D eigenvalue weighted by Crippen LogP contribution is 2.25. The van der Waals surface area contributed by atoms with E-state index in [-0.39, 0.29) is 5.91 Å². The standard InChI is InChI=1S/C16H20N2O/c1-18(12-15-4-2-3-5-15)16(19)10-13-6-8-14(11-17)9-7-13/h6-9,15H,2-5,10,12H2,1H3. The van der Waals surface area contributed by atoms with E-state index in [1.807, 2.05) is 24.1 Å². The molecule has 1 aromatic rings. The maximum Gasteiger partial charge on any atom is 0.226 e. The minimum atomic E-state index is 0.164. The Labute approximate surface area is 114 Å². The molecule has 1 aliphatic carbocycles. The Hall–Kier alpha value is -1.82. The number of carbonyl (C=O) groups excluding carboxylic acids is 1. The van der Waals surface area contributed by atoms with Gasteiger partial charge in [-0.2, -0.15) is 5.26 Å². The number of nitriles is 1. The number of amides is 1. The van der Waals surface area contributed by atoms with Crippen LogP contribution in [0.5, 0.6) is 0 Å². The average Bonchev–Trinajstić information content (AvgIpc) is 2.92. The second-order valence-electron chi connectivity index (χ2n) is 5.41. The van der Waals surface area contributed by atoms with Crippen LogP contribution in [0.3, 0.4) is 0 Å². The van der Waals surface area contributed by atoms with Gasteiger partial charge in [0.1, 0.15) is 0 Å². The zero-order valence-electron chi connectivity index (χ0n) is 11.4. The van der Waals surface area contributed by atoms with Crippen molar-refractivity contribution in [1.82, 2.24) is 4.90 Å². The van der Waals surface area contributed by atoms with Crippen LogP contribution in [0.25, 0.3) is 0 Å². The van der Waals surface area contributed by atoms with Crippen LogP contribution in [0.4, 0.5) is 0 Å². The predicted molar refractivity (Wildman–Crippen MR) is 74.5 cm³/mol. The molecule has 1 aliphatic rings. The van der Waals surface area contributed by atoms with Crippen LogP contribution in [0.1, 0.15) is 36.8 Å². The molecule has 0 radical (unpaired) electrons. The Morgan fingerprint density at radius 2 is 1.95 bits per heavy atom. The lowest BCUT2D eigenvalue weighted by atomic mass is 10.1. The molecule has 1 amide bonds. The van der Waals surface area contributed by atoms with Crippen LogP contribution in [-0.2, 0) is 11.2 Å². The summed E-state index contributed by atoms with van der Waals surface area (Å²) < 4.78 is 0. The van der Waals surface area contributed by atoms with Crippen molar-refractivity contribution in [1.29, 1.82) is 5.26 Å². The zero-order valence-corrected chi connectivity index (χ0v) is 11.4. The van der Waals surface area contributed by atoms with Crippen molar-refractivity contribution in [2.45, 2.75) is 32.1 Å². The Bertz CT molecular complexity index is 467. The molecule has 0 N–H and O–H groups in total. The second-order valence-corrected chi connectivity index (χ2v) is 5.41. The third kappa shape index (κ3) is 3.82. The first-order chi connectivity index (χ1) is 9.19. The van der Waals surface area contributed by atoms with Crippen molar-refractivity contribution in [2.75, 3.05) is 13.6 Å². The molecule has 100 valence electrons. The SMILES string of the molecule is CN(CC1CCCC1)C(=O)Cc1ccc(C#N)cc1. The van der Waals surface area contributed by atoms with Crippen LogP contribution in [0.15, 0.2) is 24.3 Å². The lowest BCUT2D eigenvalue weighted by molar-refractivity contribution is -0.129. The number of nitrogens with zero attached hydrogens (tertiary/aromatic N) is 2. The van der Waals surface area contributed by atoms with Crippen molar-refractivity contribution in [2.24, 2.45) is 5.92 Å². The van der Waals surface area contributed by atoms with E-state index in [1.54, 1.807) is 12.1 Å². The minimum Gasteiger partial charge on any atom is -0.345 e. The van der Waals surface area contributed by atoms with Gasteiger partial charge in [-0.05, 0) is 36.5 Å². The topological polar surface area (TPSA) is 44.1 Å². The van der Waals surface area contributed by atoms with Gasteiger partial charge in [0, 0.05) is 13.6 Å². The summed E-state index contributed by atoms with van der Waals surface area (Å²) >= 11 is 0. The van der Waals surface area contributed by atoms with E-state index >= 15 is 0 Å². The maximum absolute atomic E-state index is 12.1. The molecule has 3 nitrogen and oxygen atoms in total. The first kappa shape index (κ1) is 13.6. The van der Waals surface area contributed by atoms with E-state index in [4.69, 9.17) is 5.26 Å². The molecular formula is C16H20N2O. The summed E-state index contributed by atoms with van der Waals surface area (Å²) in [5.74, 6) is 0.853. The summed E-state index contributed by atoms with van der Waals surface area (Å²) in [5, 5.41) is 8.73. The normalized spacial score (nSPS) is 15.2. The van der Waals surface area contributed by atoms with Gasteiger partial charge in [-0.15, -0.1) is 0 Å². The molecule has 0 unspecified atom stereocenters. The molecule has 2 rings (SSSR count). The van der Waals surface area contributed by atoms with Crippen LogP contribution in [0, 0.1) is 17.2 Å². The lowest BCUT2D eigenvalue weighted by Crippen LogP contribution is -2.32. The van der Waals surface area contributed by atoms with Gasteiger partial charge in [0.25, 0.3) is 0 Å². The fourth-order valence-electron chi connectivity index (χ4n) is 2.69. The number of carbonyl (C=O) groups is 1. The average molecular weight is 256 g/mol. The van der Waals surface area contributed by atoms with E-state index < -0.39 is 0 Å². The maximum atomic E-state index is 12.1. The largest absolute Gasteiger partial charge is 0.345 e. The van der Waals surface area contributed by atoms with Gasteiger partial charge in [0.15, 0.2) is 0 Å². The first-order valence-corrected chi connectivity index (χ1v) is 6.92. The smallest absolute Gasteiger partial charge is 0.226 e. The highest BCUT2D eigenvalue weighted by molar-refractivity contribution is 5.78. The minimum absolute atomic E-state index is 0.164. The third-order valence-electron chi connectivity index (χ3n) is 3.87. The first-order valence-electron chi connectivity index (χ1n) is 6.92. The molecule has 0 saturated heterocycles. The molecule has 19 heavy (non-hydrogen) atoms. The summed E-state index contributed by atoms with van der Waals surface area (Å²) in [6, 6.07) is 9.33. The third-order valence-corrected chi connectivity index (χ3v) is 3.87. The molecule has 0 bridgehead atoms. The van der Waals surface area contributed by atoms with E-state index in [1.165, 1.54) is 25.7 Å². The van der Waals surface area contributed by atoms with Crippen LogP contribution < -0.4 is 0 Å². The summed E-state index contributed by atoms with van der Waals surface area (Å²) in [6.07, 6.45) is 5.56. The summed E-state index contributed by atoms with van der Waals surface area (Å²) in [6.45, 7) is 0.884. The van der Waals surface area contributed by atoms with Crippen molar-refractivity contribution in [3.05, 3.63) is 35.4 Å². The molecule has 0 spiro atoms. The van der Waals surface area contributed by atoms with Gasteiger partial charge in [0.2, 0.25) is 5.91 Å². The number of likely N-dealkylation sites (N-methyl/N-ethyl adjacent to an activating group) is 1. The van der Waals surface area contributed by atoms with E-state index in [2.05, 4.69) is 6.07 Å². The number of rotatable bonds is 4. The van der Waals surface area contributed by atoms with Crippen LogP contribution in [0.2, 0.25) is 0 Å². The number of benzene rings is 1. The van der Waals surface area contributed by atoms with Gasteiger partial charge in [-0.3, -0.25) is 4.79 Å². The molecule has 3 heteroatoms. The van der Waals surface area contributed by atoms with Gasteiger partial charge >= 0.3 is 0 Å². The highest BCUT2D eigenvalue weighted by atomic mass is 16.2. The van der Waals surface area contributed by atoms with Gasteiger partial charge in [-0.1, -0.05) is 25.0 Å². The predicted octanol–water partition coefficient (Wildman–Crippen LogP) is 2.75. The van der Waals surface area contributed by atoms with Crippen molar-refractivity contribution < 1.29 is 4.79 Å². The second kappa shape index (κ2) is 6.38. The van der Waals surface area contributed by atoms with Gasteiger partial charge in [0.05, 0.1) is 18.1 Å². The van der Waals surface area contributed by atoms with Crippen molar-refractivity contribution in [3.8, 4) is 6.07 Å². The van der Waals surface area contributed by atoms with Crippen molar-refractivity contribution in [3.63, 3.8) is 0 Å². The fraction of sp³-hybridized carbons (Fsp3) is 0.500. The van der Waals surface area contributed by atoms with Crippen LogP contribution >= 0.6 is 0 Å². The Morgan fingerprint density at radius 1 is 1.32 bits per heavy atom. The Morgan fingerprint density at radius 3 is 2.53 bits per heavy atom. The Kier molecular flexibility index (Phi) is 4.57. The molecular weight excluding hydrogens is 236 g/mol. The number of hydrogen-bond donors (Lipinski definition) is 0. The van der Waals surface area contributed by atoms with Crippen LogP contribution in [-0.4, -0.2) is 24.4 Å². The van der Waals surface area contributed by atoms with Gasteiger partial charge in [-0.25, -0.2) is 0 Å². The van der Waals surface area contributed by atoms with E-state index in [0.717, 1.165) is 12.1 Å². The number of hydrogen-bond acceptors (Lipinski definition) is 2. The molecule has 0 atom stereocenters. The lowest BCUT2D eigenvalue weighted by Gasteiger charge is -2.21. The molecule has 0 aliphatic heterocycles. The summed E-state index contributed by atoms with van der Waals surface area (Å²) in [5.41, 5.74) is 1.61. The molecule has 1 saturated carbocycles. The molecule has 1 fully saturated rings. The van der Waals surface area contributed by atoms with Gasteiger partial charge < -0.3 is 4.90 Å². The monoisotopic (exact) mass is 256 g/mol. The highest BCUT2D eigenvalue weighted by Gasteiger charge is 2.19. The Balaban J connectivity index is 1.86. The molecule has 0 heterocycles. The summed E-state index contributed by atoms with van der Waals surface area (Å²) in [7, 11) is 1.89. The molecule has 1 aromatic carbocycles. The summed E-state index contributed by atoms with van der Waals surface area (Å²) in [4.78, 5) is 14.0. The van der Waals surface area contributed by atoms with Crippen molar-refractivity contribution >= 4 is 5.91 Å². The fourth-order valence-corrected chi connectivity index (χ4v) is 2.69.